The maximum atomic E-state index is 12.6. The molecule has 0 radical (unpaired) electrons. The van der Waals surface area contributed by atoms with Crippen LogP contribution < -0.4 is 5.32 Å². The van der Waals surface area contributed by atoms with Gasteiger partial charge in [0.2, 0.25) is 15.9 Å². The summed E-state index contributed by atoms with van der Waals surface area (Å²) in [5.74, 6) is -0.0158. The number of carbonyl (C=O) groups is 1. The topological polar surface area (TPSA) is 79.0 Å². The molecule has 1 fully saturated rings. The molecule has 0 spiro atoms. The van der Waals surface area contributed by atoms with Gasteiger partial charge in [0.05, 0.1) is 24.7 Å². The number of likely N-dealkylation sites (N-methyl/N-ethyl adjacent to an activating group) is 1. The second-order valence-electron chi connectivity index (χ2n) is 6.66. The zero-order valence-corrected chi connectivity index (χ0v) is 17.1. The highest BCUT2D eigenvalue weighted by atomic mass is 32.2. The third-order valence-electron chi connectivity index (χ3n) is 4.66. The van der Waals surface area contributed by atoms with Crippen molar-refractivity contribution in [2.75, 3.05) is 45.9 Å². The summed E-state index contributed by atoms with van der Waals surface area (Å²) in [4.78, 5) is 14.5. The molecule has 1 aromatic carbocycles. The predicted molar refractivity (Wildman–Crippen MR) is 105 cm³/mol. The number of unbranched alkanes of at least 4 members (excludes halogenated alkanes) is 1. The number of ether oxygens (including phenoxy) is 1. The summed E-state index contributed by atoms with van der Waals surface area (Å²) < 4.78 is 31.9. The molecular weight excluding hydrogens is 366 g/mol. The summed E-state index contributed by atoms with van der Waals surface area (Å²) in [6, 6.07) is 6.71. The van der Waals surface area contributed by atoms with E-state index in [1.54, 1.807) is 24.3 Å². The second-order valence-corrected chi connectivity index (χ2v) is 8.60. The standard InChI is InChI=1S/C19H31N3O4S/c1-3-5-10-21(4-2)16-19(23)20-15-17-6-8-18(9-7-17)27(24,25)22-11-13-26-14-12-22/h6-9H,3-5,10-16H2,1-2H3,(H,20,23). The van der Waals surface area contributed by atoms with Crippen molar-refractivity contribution in [3.05, 3.63) is 29.8 Å². The van der Waals surface area contributed by atoms with Gasteiger partial charge in [0.15, 0.2) is 0 Å². The van der Waals surface area contributed by atoms with E-state index in [1.807, 2.05) is 0 Å². The number of amides is 1. The molecule has 8 heteroatoms. The van der Waals surface area contributed by atoms with Crippen LogP contribution in [0.25, 0.3) is 0 Å². The third-order valence-corrected chi connectivity index (χ3v) is 6.58. The van der Waals surface area contributed by atoms with Crippen molar-refractivity contribution in [2.45, 2.75) is 38.1 Å². The van der Waals surface area contributed by atoms with Crippen LogP contribution in [0.5, 0.6) is 0 Å². The Morgan fingerprint density at radius 1 is 1.19 bits per heavy atom. The summed E-state index contributed by atoms with van der Waals surface area (Å²) in [7, 11) is -3.48. The van der Waals surface area contributed by atoms with Gasteiger partial charge in [-0.3, -0.25) is 9.69 Å². The van der Waals surface area contributed by atoms with E-state index in [4.69, 9.17) is 4.74 Å². The minimum absolute atomic E-state index is 0.0158. The lowest BCUT2D eigenvalue weighted by atomic mass is 10.2. The molecule has 0 unspecified atom stereocenters. The molecule has 1 aromatic rings. The lowest BCUT2D eigenvalue weighted by molar-refractivity contribution is -0.122. The van der Waals surface area contributed by atoms with Crippen LogP contribution in [-0.4, -0.2) is 69.5 Å². The smallest absolute Gasteiger partial charge is 0.243 e. The molecule has 1 saturated heterocycles. The molecule has 0 atom stereocenters. The first kappa shape index (κ1) is 21.8. The normalized spacial score (nSPS) is 15.8. The lowest BCUT2D eigenvalue weighted by Gasteiger charge is -2.26. The number of hydrogen-bond acceptors (Lipinski definition) is 5. The summed E-state index contributed by atoms with van der Waals surface area (Å²) in [5, 5.41) is 2.90. The molecule has 152 valence electrons. The van der Waals surface area contributed by atoms with Gasteiger partial charge in [-0.05, 0) is 37.2 Å². The Kier molecular flexibility index (Phi) is 8.69. The zero-order valence-electron chi connectivity index (χ0n) is 16.3. The van der Waals surface area contributed by atoms with E-state index in [1.165, 1.54) is 4.31 Å². The molecule has 2 rings (SSSR count). The van der Waals surface area contributed by atoms with Gasteiger partial charge in [-0.2, -0.15) is 4.31 Å². The molecule has 7 nitrogen and oxygen atoms in total. The summed E-state index contributed by atoms with van der Waals surface area (Å²) >= 11 is 0. The molecule has 0 saturated carbocycles. The molecule has 0 aromatic heterocycles. The largest absolute Gasteiger partial charge is 0.379 e. The average Bonchev–Trinajstić information content (AvgIpc) is 2.70. The van der Waals surface area contributed by atoms with E-state index in [0.717, 1.165) is 31.5 Å². The van der Waals surface area contributed by atoms with Crippen LogP contribution >= 0.6 is 0 Å². The number of hydrogen-bond donors (Lipinski definition) is 1. The highest BCUT2D eigenvalue weighted by Crippen LogP contribution is 2.17. The van der Waals surface area contributed by atoms with Crippen LogP contribution in [0.2, 0.25) is 0 Å². The Bertz CT molecular complexity index is 685. The van der Waals surface area contributed by atoms with E-state index < -0.39 is 10.0 Å². The van der Waals surface area contributed by atoms with E-state index in [9.17, 15) is 13.2 Å². The van der Waals surface area contributed by atoms with Crippen molar-refractivity contribution in [1.82, 2.24) is 14.5 Å². The van der Waals surface area contributed by atoms with Gasteiger partial charge in [0.1, 0.15) is 0 Å². The minimum Gasteiger partial charge on any atom is -0.379 e. The third kappa shape index (κ3) is 6.57. The summed E-state index contributed by atoms with van der Waals surface area (Å²) in [5.41, 5.74) is 0.876. The van der Waals surface area contributed by atoms with Gasteiger partial charge >= 0.3 is 0 Å². The van der Waals surface area contributed by atoms with E-state index in [2.05, 4.69) is 24.1 Å². The Labute approximate surface area is 162 Å². The Balaban J connectivity index is 1.87. The fraction of sp³-hybridized carbons (Fsp3) is 0.632. The highest BCUT2D eigenvalue weighted by Gasteiger charge is 2.26. The van der Waals surface area contributed by atoms with E-state index >= 15 is 0 Å². The molecule has 0 bridgehead atoms. The quantitative estimate of drug-likeness (QED) is 0.646. The van der Waals surface area contributed by atoms with Crippen LogP contribution in [0.3, 0.4) is 0 Å². The Morgan fingerprint density at radius 3 is 2.44 bits per heavy atom. The number of morpholine rings is 1. The maximum absolute atomic E-state index is 12.6. The molecule has 0 aliphatic carbocycles. The molecule has 1 aliphatic heterocycles. The predicted octanol–water partition coefficient (Wildman–Crippen LogP) is 1.45. The molecule has 1 amide bonds. The average molecular weight is 398 g/mol. The van der Waals surface area contributed by atoms with Crippen LogP contribution in [0, 0.1) is 0 Å². The minimum atomic E-state index is -3.48. The van der Waals surface area contributed by atoms with Gasteiger partial charge in [0.25, 0.3) is 0 Å². The molecule has 27 heavy (non-hydrogen) atoms. The van der Waals surface area contributed by atoms with Crippen molar-refractivity contribution in [3.63, 3.8) is 0 Å². The lowest BCUT2D eigenvalue weighted by Crippen LogP contribution is -2.40. The Hall–Kier alpha value is -1.48. The fourth-order valence-corrected chi connectivity index (χ4v) is 4.31. The van der Waals surface area contributed by atoms with Gasteiger partial charge in [-0.15, -0.1) is 0 Å². The van der Waals surface area contributed by atoms with Gasteiger partial charge < -0.3 is 10.1 Å². The molecule has 1 N–H and O–H groups in total. The van der Waals surface area contributed by atoms with Crippen molar-refractivity contribution in [1.29, 1.82) is 0 Å². The SMILES string of the molecule is CCCCN(CC)CC(=O)NCc1ccc(S(=O)(=O)N2CCOCC2)cc1. The highest BCUT2D eigenvalue weighted by molar-refractivity contribution is 7.89. The number of carbonyl (C=O) groups excluding carboxylic acids is 1. The number of rotatable bonds is 10. The van der Waals surface area contributed by atoms with Crippen molar-refractivity contribution < 1.29 is 17.9 Å². The number of benzene rings is 1. The van der Waals surface area contributed by atoms with Gasteiger partial charge in [-0.25, -0.2) is 8.42 Å². The van der Waals surface area contributed by atoms with E-state index in [-0.39, 0.29) is 10.8 Å². The molecule has 1 heterocycles. The second kappa shape index (κ2) is 10.8. The Morgan fingerprint density at radius 2 is 1.85 bits per heavy atom. The zero-order chi connectivity index (χ0) is 19.7. The van der Waals surface area contributed by atoms with Crippen LogP contribution in [-0.2, 0) is 26.1 Å². The van der Waals surface area contributed by atoms with E-state index in [0.29, 0.717) is 39.4 Å². The fourth-order valence-electron chi connectivity index (χ4n) is 2.91. The summed E-state index contributed by atoms with van der Waals surface area (Å²) in [6.07, 6.45) is 2.19. The number of sulfonamides is 1. The first-order valence-corrected chi connectivity index (χ1v) is 11.1. The van der Waals surface area contributed by atoms with Crippen molar-refractivity contribution >= 4 is 15.9 Å². The van der Waals surface area contributed by atoms with Gasteiger partial charge in [0, 0.05) is 19.6 Å². The van der Waals surface area contributed by atoms with Gasteiger partial charge in [-0.1, -0.05) is 32.4 Å². The first-order valence-electron chi connectivity index (χ1n) is 9.63. The van der Waals surface area contributed by atoms with Crippen LogP contribution in [0.1, 0.15) is 32.3 Å². The van der Waals surface area contributed by atoms with Crippen LogP contribution in [0.15, 0.2) is 29.2 Å². The van der Waals surface area contributed by atoms with Crippen LogP contribution in [0.4, 0.5) is 0 Å². The monoisotopic (exact) mass is 397 g/mol. The maximum Gasteiger partial charge on any atom is 0.243 e. The van der Waals surface area contributed by atoms with Crippen molar-refractivity contribution in [2.24, 2.45) is 0 Å². The number of nitrogens with zero attached hydrogens (tertiary/aromatic N) is 2. The molecule has 1 aliphatic rings. The molecular formula is C19H31N3O4S. The summed E-state index contributed by atoms with van der Waals surface area (Å²) in [6.45, 7) is 8.36. The van der Waals surface area contributed by atoms with Crippen molar-refractivity contribution in [3.8, 4) is 0 Å². The first-order chi connectivity index (χ1) is 13.0. The number of nitrogens with one attached hydrogen (secondary N) is 1.